The van der Waals surface area contributed by atoms with Crippen LogP contribution < -0.4 is 0 Å². The summed E-state index contributed by atoms with van der Waals surface area (Å²) in [5.41, 5.74) is -2.18. The van der Waals surface area contributed by atoms with E-state index < -0.39 is 11.0 Å². The molecule has 0 saturated heterocycles. The van der Waals surface area contributed by atoms with E-state index in [1.54, 1.807) is 0 Å². The Kier molecular flexibility index (Phi) is 4.14. The van der Waals surface area contributed by atoms with E-state index in [1.165, 1.54) is 0 Å². The van der Waals surface area contributed by atoms with Crippen LogP contribution in [0.2, 0.25) is 0 Å². The molecule has 2 aliphatic rings. The zero-order chi connectivity index (χ0) is 17.0. The molecule has 22 heavy (non-hydrogen) atoms. The number of rotatable bonds is 4. The molecule has 2 rings (SSSR count). The third-order valence-corrected chi connectivity index (χ3v) is 5.88. The van der Waals surface area contributed by atoms with E-state index in [4.69, 9.17) is 9.47 Å². The van der Waals surface area contributed by atoms with E-state index in [0.29, 0.717) is 5.76 Å². The molecule has 1 saturated carbocycles. The van der Waals surface area contributed by atoms with Crippen molar-refractivity contribution in [1.29, 1.82) is 0 Å². The van der Waals surface area contributed by atoms with Crippen molar-refractivity contribution in [1.82, 2.24) is 0 Å². The molecule has 0 aliphatic heterocycles. The van der Waals surface area contributed by atoms with E-state index in [9.17, 15) is 9.90 Å². The van der Waals surface area contributed by atoms with Crippen molar-refractivity contribution in [3.8, 4) is 0 Å². The number of fused-ring (bicyclic) bond motifs is 1. The van der Waals surface area contributed by atoms with Gasteiger partial charge in [0.05, 0.1) is 17.6 Å². The largest absolute Gasteiger partial charge is 0.488 e. The van der Waals surface area contributed by atoms with Crippen molar-refractivity contribution in [3.05, 3.63) is 11.5 Å². The highest BCUT2D eigenvalue weighted by Crippen LogP contribution is 2.64. The lowest BCUT2D eigenvalue weighted by Gasteiger charge is -2.37. The average Bonchev–Trinajstić information content (AvgIpc) is 2.65. The van der Waals surface area contributed by atoms with Crippen LogP contribution in [0.25, 0.3) is 0 Å². The first-order valence-electron chi connectivity index (χ1n) is 8.34. The number of Topliss-reactive ketones (excluding diaryl/α,β-unsaturated/α-hetero) is 1. The zero-order valence-corrected chi connectivity index (χ0v) is 15.1. The molecule has 0 aromatic carbocycles. The van der Waals surface area contributed by atoms with Gasteiger partial charge in [-0.05, 0) is 52.4 Å². The van der Waals surface area contributed by atoms with Crippen LogP contribution in [0.4, 0.5) is 0 Å². The monoisotopic (exact) mass is 310 g/mol. The second-order valence-electron chi connectivity index (χ2n) is 7.73. The van der Waals surface area contributed by atoms with Gasteiger partial charge in [0, 0.05) is 0 Å². The van der Waals surface area contributed by atoms with Gasteiger partial charge in [-0.25, -0.2) is 0 Å². The van der Waals surface area contributed by atoms with Crippen LogP contribution in [-0.4, -0.2) is 28.7 Å². The molecule has 5 atom stereocenters. The maximum Gasteiger partial charge on any atom is 0.210 e. The lowest BCUT2D eigenvalue weighted by molar-refractivity contribution is -0.141. The summed E-state index contributed by atoms with van der Waals surface area (Å²) in [5.74, 6) is 0.651. The van der Waals surface area contributed by atoms with Crippen molar-refractivity contribution in [2.24, 2.45) is 23.2 Å². The van der Waals surface area contributed by atoms with Crippen LogP contribution in [0.3, 0.4) is 0 Å². The van der Waals surface area contributed by atoms with Gasteiger partial charge in [-0.3, -0.25) is 4.79 Å². The van der Waals surface area contributed by atoms with E-state index in [0.717, 1.165) is 0 Å². The standard InChI is InChI=1S/C18H30O4/c1-9(2)21-14-15(19)17(8)12(6)11(5)13(7)18(17,20)16(14)22-10(3)4/h9-13,20H,1-8H3/t11-,12+,13+,17+,18+/m0/s1. The van der Waals surface area contributed by atoms with Crippen molar-refractivity contribution in [2.75, 3.05) is 0 Å². The van der Waals surface area contributed by atoms with Crippen molar-refractivity contribution in [3.63, 3.8) is 0 Å². The zero-order valence-electron chi connectivity index (χ0n) is 15.1. The fraction of sp³-hybridized carbons (Fsp3) is 0.833. The second kappa shape index (κ2) is 5.26. The molecule has 126 valence electrons. The molecule has 2 aliphatic carbocycles. The quantitative estimate of drug-likeness (QED) is 0.865. The Hall–Kier alpha value is -1.03. The molecule has 4 nitrogen and oxygen atoms in total. The number of allylic oxidation sites excluding steroid dienone is 1. The maximum atomic E-state index is 13.1. The minimum Gasteiger partial charge on any atom is -0.488 e. The van der Waals surface area contributed by atoms with Gasteiger partial charge in [0.15, 0.2) is 5.76 Å². The topological polar surface area (TPSA) is 55.8 Å². The van der Waals surface area contributed by atoms with Crippen molar-refractivity contribution >= 4 is 5.78 Å². The molecule has 0 unspecified atom stereocenters. The minimum absolute atomic E-state index is 0.0547. The lowest BCUT2D eigenvalue weighted by atomic mass is 9.70. The van der Waals surface area contributed by atoms with Gasteiger partial charge in [-0.1, -0.05) is 20.8 Å². The highest BCUT2D eigenvalue weighted by Gasteiger charge is 2.73. The van der Waals surface area contributed by atoms with Crippen LogP contribution in [0.15, 0.2) is 11.5 Å². The summed E-state index contributed by atoms with van der Waals surface area (Å²) in [6, 6.07) is 0. The van der Waals surface area contributed by atoms with Gasteiger partial charge in [0.1, 0.15) is 5.60 Å². The molecule has 0 aromatic rings. The fourth-order valence-electron chi connectivity index (χ4n) is 4.22. The molecular formula is C18H30O4. The third kappa shape index (κ3) is 1.96. The molecular weight excluding hydrogens is 280 g/mol. The number of hydrogen-bond acceptors (Lipinski definition) is 4. The summed E-state index contributed by atoms with van der Waals surface area (Å²) in [6.07, 6.45) is -0.267. The summed E-state index contributed by atoms with van der Waals surface area (Å²) in [4.78, 5) is 13.1. The molecule has 4 heteroatoms. The maximum absolute atomic E-state index is 13.1. The number of carbonyl (C=O) groups excluding carboxylic acids is 1. The number of ketones is 1. The molecule has 0 bridgehead atoms. The first-order chi connectivity index (χ1) is 9.99. The minimum atomic E-state index is -1.29. The Labute approximate surface area is 133 Å². The van der Waals surface area contributed by atoms with Gasteiger partial charge in [0.25, 0.3) is 0 Å². The van der Waals surface area contributed by atoms with Crippen LogP contribution in [-0.2, 0) is 14.3 Å². The van der Waals surface area contributed by atoms with Gasteiger partial charge in [0.2, 0.25) is 11.5 Å². The first-order valence-corrected chi connectivity index (χ1v) is 8.34. The molecule has 0 heterocycles. The van der Waals surface area contributed by atoms with E-state index in [-0.39, 0.29) is 41.5 Å². The fourth-order valence-corrected chi connectivity index (χ4v) is 4.22. The second-order valence-corrected chi connectivity index (χ2v) is 7.73. The third-order valence-electron chi connectivity index (χ3n) is 5.88. The molecule has 1 fully saturated rings. The number of aliphatic hydroxyl groups is 1. The molecule has 0 radical (unpaired) electrons. The Bertz CT molecular complexity index is 507. The van der Waals surface area contributed by atoms with E-state index >= 15 is 0 Å². The summed E-state index contributed by atoms with van der Waals surface area (Å²) >= 11 is 0. The van der Waals surface area contributed by atoms with Gasteiger partial charge < -0.3 is 14.6 Å². The Morgan fingerprint density at radius 2 is 1.50 bits per heavy atom. The number of ether oxygens (including phenoxy) is 2. The van der Waals surface area contributed by atoms with Crippen molar-refractivity contribution in [2.45, 2.75) is 73.2 Å². The Morgan fingerprint density at radius 3 is 1.95 bits per heavy atom. The van der Waals surface area contributed by atoms with Crippen LogP contribution >= 0.6 is 0 Å². The molecule has 1 N–H and O–H groups in total. The molecule has 0 aromatic heterocycles. The average molecular weight is 310 g/mol. The predicted octanol–water partition coefficient (Wildman–Crippen LogP) is 3.29. The molecule has 0 amide bonds. The predicted molar refractivity (Wildman–Crippen MR) is 85.0 cm³/mol. The van der Waals surface area contributed by atoms with Gasteiger partial charge >= 0.3 is 0 Å². The van der Waals surface area contributed by atoms with Gasteiger partial charge in [-0.15, -0.1) is 0 Å². The summed E-state index contributed by atoms with van der Waals surface area (Å²) in [5, 5.41) is 11.6. The summed E-state index contributed by atoms with van der Waals surface area (Å²) in [6.45, 7) is 15.6. The Balaban J connectivity index is 2.64. The number of hydrogen-bond donors (Lipinski definition) is 1. The number of carbonyl (C=O) groups is 1. The smallest absolute Gasteiger partial charge is 0.210 e. The van der Waals surface area contributed by atoms with Gasteiger partial charge in [-0.2, -0.15) is 0 Å². The summed E-state index contributed by atoms with van der Waals surface area (Å²) in [7, 11) is 0. The van der Waals surface area contributed by atoms with E-state index in [2.05, 4.69) is 6.92 Å². The van der Waals surface area contributed by atoms with Crippen LogP contribution in [0.5, 0.6) is 0 Å². The highest BCUT2D eigenvalue weighted by molar-refractivity contribution is 6.04. The van der Waals surface area contributed by atoms with Crippen LogP contribution in [0, 0.1) is 23.2 Å². The summed E-state index contributed by atoms with van der Waals surface area (Å²) < 4.78 is 11.7. The SMILES string of the molecule is CC(C)OC1=C(OC(C)C)[C@]2(O)[C@H](C)[C@@H](C)[C@@H](C)[C@]2(C)C1=O. The normalized spacial score (nSPS) is 41.6. The van der Waals surface area contributed by atoms with Crippen LogP contribution in [0.1, 0.15) is 55.4 Å². The van der Waals surface area contributed by atoms with E-state index in [1.807, 2.05) is 48.5 Å². The first kappa shape index (κ1) is 17.3. The lowest BCUT2D eigenvalue weighted by Crippen LogP contribution is -2.49. The van der Waals surface area contributed by atoms with Crippen molar-refractivity contribution < 1.29 is 19.4 Å². The Morgan fingerprint density at radius 1 is 1.00 bits per heavy atom. The highest BCUT2D eigenvalue weighted by atomic mass is 16.5. The molecule has 0 spiro atoms.